The van der Waals surface area contributed by atoms with E-state index >= 15 is 0 Å². The number of hydrogen-bond donors (Lipinski definition) is 1. The molecule has 0 saturated carbocycles. The van der Waals surface area contributed by atoms with Crippen molar-refractivity contribution in [2.75, 3.05) is 47.3 Å². The molecule has 1 N–H and O–H groups in total. The maximum atomic E-state index is 13.3. The first-order valence-electron chi connectivity index (χ1n) is 21.0. The van der Waals surface area contributed by atoms with Crippen LogP contribution in [0, 0.1) is 0 Å². The number of esters is 4. The number of aliphatic hydroxyl groups is 1. The lowest BCUT2D eigenvalue weighted by Crippen LogP contribution is -2.55. The Morgan fingerprint density at radius 2 is 0.938 bits per heavy atom. The van der Waals surface area contributed by atoms with Crippen LogP contribution in [-0.4, -0.2) is 104 Å². The highest BCUT2D eigenvalue weighted by molar-refractivity contribution is 5.99. The number of aliphatic hydroxyl groups excluding tert-OH is 1. The standard InChI is InChI=1S/C43H54N6O16/c1-4-17-44-38(55)45(40(57)46(39(44)56)19-16-35(52)64-27-22-49-42(59)47(20-23-50)41(58)48(43(49)60)21-26-61-2)18-15-34(51)63-24-9-7-5-6-8-10-25-65-37(54)33-14-12-30-28-32(36(53)62-3)13-11-31(30)29-33/h4,11-14,28-29,50H,1,5-10,15-27H2,2-3H3. The van der Waals surface area contributed by atoms with Crippen molar-refractivity contribution in [1.29, 1.82) is 0 Å². The third kappa shape index (κ3) is 13.8. The minimum atomic E-state index is -1.07. The quantitative estimate of drug-likeness (QED) is 0.0362. The summed E-state index contributed by atoms with van der Waals surface area (Å²) in [4.78, 5) is 127. The van der Waals surface area contributed by atoms with E-state index in [1.807, 2.05) is 0 Å². The summed E-state index contributed by atoms with van der Waals surface area (Å²) in [5.74, 6) is -2.49. The van der Waals surface area contributed by atoms with Gasteiger partial charge in [0.15, 0.2) is 0 Å². The van der Waals surface area contributed by atoms with Crippen LogP contribution in [0.5, 0.6) is 0 Å². The number of hydrogen-bond acceptors (Lipinski definition) is 16. The lowest BCUT2D eigenvalue weighted by molar-refractivity contribution is -0.145. The molecule has 0 radical (unpaired) electrons. The molecule has 0 amide bonds. The molecule has 22 nitrogen and oxygen atoms in total. The summed E-state index contributed by atoms with van der Waals surface area (Å²) in [6.45, 7) is 0.527. The second-order valence-corrected chi connectivity index (χ2v) is 14.5. The molecule has 0 unspecified atom stereocenters. The lowest BCUT2D eigenvalue weighted by atomic mass is 10.0. The second-order valence-electron chi connectivity index (χ2n) is 14.5. The molecule has 0 aliphatic heterocycles. The number of rotatable bonds is 27. The van der Waals surface area contributed by atoms with Crippen molar-refractivity contribution in [3.8, 4) is 0 Å². The minimum Gasteiger partial charge on any atom is -0.466 e. The highest BCUT2D eigenvalue weighted by Gasteiger charge is 2.19. The van der Waals surface area contributed by atoms with Crippen LogP contribution in [0.3, 0.4) is 0 Å². The first-order valence-corrected chi connectivity index (χ1v) is 21.0. The predicted molar refractivity (Wildman–Crippen MR) is 232 cm³/mol. The molecular formula is C43H54N6O16. The molecule has 4 rings (SSSR count). The number of allylic oxidation sites excluding steroid dienone is 1. The van der Waals surface area contributed by atoms with Gasteiger partial charge < -0.3 is 28.8 Å². The number of carbonyl (C=O) groups excluding carboxylic acids is 4. The van der Waals surface area contributed by atoms with Crippen LogP contribution in [0.15, 0.2) is 77.8 Å². The minimum absolute atomic E-state index is 0.0267. The van der Waals surface area contributed by atoms with Gasteiger partial charge >= 0.3 is 58.0 Å². The molecule has 0 fully saturated rings. The van der Waals surface area contributed by atoms with Gasteiger partial charge in [-0.15, -0.1) is 6.58 Å². The van der Waals surface area contributed by atoms with Gasteiger partial charge in [0.05, 0.1) is 83.7 Å². The van der Waals surface area contributed by atoms with Crippen LogP contribution in [0.1, 0.15) is 72.1 Å². The Hall–Kier alpha value is -6.94. The number of nitrogens with zero attached hydrogens (tertiary/aromatic N) is 6. The number of aromatic nitrogens is 6. The molecule has 0 saturated heterocycles. The van der Waals surface area contributed by atoms with Gasteiger partial charge in [0.25, 0.3) is 0 Å². The van der Waals surface area contributed by atoms with Crippen molar-refractivity contribution in [3.63, 3.8) is 0 Å². The summed E-state index contributed by atoms with van der Waals surface area (Å²) in [6.07, 6.45) is 4.86. The molecule has 0 spiro atoms. The van der Waals surface area contributed by atoms with E-state index in [1.165, 1.54) is 20.3 Å². The fourth-order valence-corrected chi connectivity index (χ4v) is 6.65. The number of unbranched alkanes of at least 4 members (excludes halogenated alkanes) is 5. The Morgan fingerprint density at radius 3 is 1.42 bits per heavy atom. The second kappa shape index (κ2) is 25.4. The van der Waals surface area contributed by atoms with Crippen LogP contribution in [-0.2, 0) is 72.5 Å². The summed E-state index contributed by atoms with van der Waals surface area (Å²) in [7, 11) is 2.66. The molecule has 2 heterocycles. The average molecular weight is 911 g/mol. The molecule has 0 bridgehead atoms. The summed E-state index contributed by atoms with van der Waals surface area (Å²) >= 11 is 0. The van der Waals surface area contributed by atoms with E-state index in [9.17, 15) is 53.1 Å². The summed E-state index contributed by atoms with van der Waals surface area (Å²) < 4.78 is 29.6. The smallest absolute Gasteiger partial charge is 0.338 e. The van der Waals surface area contributed by atoms with Crippen molar-refractivity contribution < 1.29 is 48.0 Å². The third-order valence-electron chi connectivity index (χ3n) is 10.1. The van der Waals surface area contributed by atoms with Gasteiger partial charge in [0, 0.05) is 20.2 Å². The van der Waals surface area contributed by atoms with Crippen molar-refractivity contribution in [3.05, 3.63) is 123 Å². The zero-order valence-corrected chi connectivity index (χ0v) is 36.4. The molecule has 0 atom stereocenters. The van der Waals surface area contributed by atoms with Crippen LogP contribution in [0.4, 0.5) is 0 Å². The highest BCUT2D eigenvalue weighted by Crippen LogP contribution is 2.19. The first-order chi connectivity index (χ1) is 31.3. The average Bonchev–Trinajstić information content (AvgIpc) is 3.30. The molecule has 0 aliphatic rings. The van der Waals surface area contributed by atoms with Gasteiger partial charge in [0.1, 0.15) is 6.61 Å². The Bertz CT molecular complexity index is 2700. The maximum Gasteiger partial charge on any atom is 0.338 e. The van der Waals surface area contributed by atoms with E-state index in [0.29, 0.717) is 46.8 Å². The van der Waals surface area contributed by atoms with E-state index in [-0.39, 0.29) is 45.9 Å². The van der Waals surface area contributed by atoms with Crippen LogP contribution < -0.4 is 34.1 Å². The van der Waals surface area contributed by atoms with Crippen molar-refractivity contribution in [2.24, 2.45) is 0 Å². The number of carbonyl (C=O) groups is 4. The summed E-state index contributed by atoms with van der Waals surface area (Å²) in [5.41, 5.74) is -5.23. The summed E-state index contributed by atoms with van der Waals surface area (Å²) in [6, 6.07) is 10.2. The largest absolute Gasteiger partial charge is 0.466 e. The zero-order valence-electron chi connectivity index (χ0n) is 36.4. The van der Waals surface area contributed by atoms with Gasteiger partial charge in [0.2, 0.25) is 0 Å². The van der Waals surface area contributed by atoms with Crippen LogP contribution in [0.25, 0.3) is 10.8 Å². The fraction of sp³-hybridized carbons (Fsp3) is 0.488. The Kier molecular flexibility index (Phi) is 19.8. The van der Waals surface area contributed by atoms with Crippen LogP contribution in [0.2, 0.25) is 0 Å². The maximum absolute atomic E-state index is 13.3. The van der Waals surface area contributed by atoms with Crippen molar-refractivity contribution >= 4 is 34.6 Å². The number of ether oxygens (including phenoxy) is 5. The van der Waals surface area contributed by atoms with E-state index < -0.39 is 97.3 Å². The van der Waals surface area contributed by atoms with Gasteiger partial charge in [-0.05, 0) is 47.9 Å². The van der Waals surface area contributed by atoms with E-state index in [1.54, 1.807) is 36.4 Å². The highest BCUT2D eigenvalue weighted by atomic mass is 16.5. The predicted octanol–water partition coefficient (Wildman–Crippen LogP) is 0.186. The normalized spacial score (nSPS) is 11.1. The molecule has 352 valence electrons. The molecule has 22 heteroatoms. The number of methoxy groups -OCH3 is 2. The van der Waals surface area contributed by atoms with Gasteiger partial charge in [-0.1, -0.05) is 43.9 Å². The van der Waals surface area contributed by atoms with E-state index in [4.69, 9.17) is 23.7 Å². The Morgan fingerprint density at radius 1 is 0.523 bits per heavy atom. The molecule has 65 heavy (non-hydrogen) atoms. The monoisotopic (exact) mass is 910 g/mol. The van der Waals surface area contributed by atoms with E-state index in [0.717, 1.165) is 41.0 Å². The molecule has 4 aromatic rings. The summed E-state index contributed by atoms with van der Waals surface area (Å²) in [5, 5.41) is 10.9. The Labute approximate surface area is 370 Å². The molecule has 2 aromatic heterocycles. The SMILES string of the molecule is C=CCn1c(=O)n(CCC(=O)OCCCCCCCCOC(=O)c2ccc3cc(C(=O)OC)ccc3c2)c(=O)n(CCC(=O)OCCn2c(=O)n(CCO)c(=O)n(CCOC)c2=O)c1=O. The third-order valence-corrected chi connectivity index (χ3v) is 10.1. The molecular weight excluding hydrogens is 856 g/mol. The number of fused-ring (bicyclic) bond motifs is 1. The van der Waals surface area contributed by atoms with Crippen LogP contribution >= 0.6 is 0 Å². The topological polar surface area (TPSA) is 267 Å². The van der Waals surface area contributed by atoms with Crippen molar-refractivity contribution in [2.45, 2.75) is 90.6 Å². The van der Waals surface area contributed by atoms with Gasteiger partial charge in [-0.2, -0.15) is 0 Å². The first kappa shape index (κ1) is 50.7. The molecule has 0 aliphatic carbocycles. The zero-order chi connectivity index (χ0) is 47.5. The van der Waals surface area contributed by atoms with Gasteiger partial charge in [-0.25, -0.2) is 65.8 Å². The Balaban J connectivity index is 1.19. The van der Waals surface area contributed by atoms with E-state index in [2.05, 4.69) is 6.58 Å². The lowest BCUT2D eigenvalue weighted by Gasteiger charge is -2.14. The number of benzene rings is 2. The van der Waals surface area contributed by atoms with Crippen molar-refractivity contribution in [1.82, 2.24) is 27.4 Å². The fourth-order valence-electron chi connectivity index (χ4n) is 6.65. The van der Waals surface area contributed by atoms with Gasteiger partial charge in [-0.3, -0.25) is 9.59 Å². The molecule has 2 aromatic carbocycles.